The number of esters is 1. The summed E-state index contributed by atoms with van der Waals surface area (Å²) in [6, 6.07) is 11.5. The SMILES string of the molecule is C#Cc1cccc2cccc(-c3ncc4c(N5CCC6OC(=O)C6C5)nc(OCC56CCCN5CCC6)nc4c3F)c12. The average Bonchev–Trinajstić information content (AvgIpc) is 3.60. The summed E-state index contributed by atoms with van der Waals surface area (Å²) in [5.74, 6) is 2.29. The Hall–Kier alpha value is -4.29. The number of carbonyl (C=O) groups is 1. The summed E-state index contributed by atoms with van der Waals surface area (Å²) < 4.78 is 28.3. The zero-order chi connectivity index (χ0) is 28.4. The summed E-state index contributed by atoms with van der Waals surface area (Å²) in [7, 11) is 0. The second kappa shape index (κ2) is 9.63. The molecule has 6 heterocycles. The molecule has 0 amide bonds. The molecule has 2 aromatic heterocycles. The number of aromatic nitrogens is 3. The largest absolute Gasteiger partial charge is 0.461 e. The molecule has 4 saturated heterocycles. The van der Waals surface area contributed by atoms with Gasteiger partial charge in [0.1, 0.15) is 35.7 Å². The molecule has 4 aliphatic rings. The summed E-state index contributed by atoms with van der Waals surface area (Å²) >= 11 is 0. The van der Waals surface area contributed by atoms with E-state index in [1.807, 2.05) is 41.3 Å². The lowest BCUT2D eigenvalue weighted by atomic mass is 9.90. The average molecular weight is 564 g/mol. The number of anilines is 1. The Labute approximate surface area is 242 Å². The number of halogens is 1. The maximum Gasteiger partial charge on any atom is 0.319 e. The summed E-state index contributed by atoms with van der Waals surface area (Å²) in [5, 5.41) is 2.16. The number of hydrogen-bond acceptors (Lipinski definition) is 8. The van der Waals surface area contributed by atoms with Gasteiger partial charge in [0.25, 0.3) is 0 Å². The molecule has 2 unspecified atom stereocenters. The molecule has 4 aromatic rings. The molecule has 212 valence electrons. The third-order valence-corrected chi connectivity index (χ3v) is 9.66. The first-order valence-corrected chi connectivity index (χ1v) is 14.7. The second-order valence-corrected chi connectivity index (χ2v) is 11.9. The molecule has 42 heavy (non-hydrogen) atoms. The van der Waals surface area contributed by atoms with Crippen LogP contribution in [0.5, 0.6) is 6.01 Å². The molecule has 0 aliphatic carbocycles. The predicted molar refractivity (Wildman–Crippen MR) is 157 cm³/mol. The van der Waals surface area contributed by atoms with Gasteiger partial charge in [0.2, 0.25) is 0 Å². The number of pyridine rings is 1. The summed E-state index contributed by atoms with van der Waals surface area (Å²) in [5.41, 5.74) is 1.57. The van der Waals surface area contributed by atoms with E-state index in [2.05, 4.69) is 20.8 Å². The van der Waals surface area contributed by atoms with Crippen molar-refractivity contribution in [2.45, 2.75) is 43.7 Å². The van der Waals surface area contributed by atoms with Crippen molar-refractivity contribution in [3.63, 3.8) is 0 Å². The van der Waals surface area contributed by atoms with E-state index >= 15 is 4.39 Å². The molecular formula is C33H30FN5O3. The Morgan fingerprint density at radius 2 is 1.93 bits per heavy atom. The van der Waals surface area contributed by atoms with Crippen LogP contribution in [0, 0.1) is 24.1 Å². The molecule has 2 atom stereocenters. The molecular weight excluding hydrogens is 533 g/mol. The van der Waals surface area contributed by atoms with Gasteiger partial charge in [-0.15, -0.1) is 6.42 Å². The van der Waals surface area contributed by atoms with Gasteiger partial charge < -0.3 is 14.4 Å². The third kappa shape index (κ3) is 3.85. The number of terminal acetylenes is 1. The molecule has 0 saturated carbocycles. The van der Waals surface area contributed by atoms with Gasteiger partial charge in [-0.05, 0) is 50.2 Å². The lowest BCUT2D eigenvalue weighted by molar-refractivity contribution is -0.185. The van der Waals surface area contributed by atoms with E-state index in [0.29, 0.717) is 48.4 Å². The number of carbonyl (C=O) groups excluding carboxylic acids is 1. The standard InChI is InChI=1S/C33H30FN5O3/c1-2-20-7-3-8-21-9-4-10-22(26(20)21)28-27(34)29-23(17-35-28)30(38-16-11-25-24(18-38)31(40)42-25)37-32(36-29)41-19-33-12-5-14-39(33)15-6-13-33/h1,3-4,7-10,17,24-25H,5-6,11-16,18-19H2. The van der Waals surface area contributed by atoms with Crippen LogP contribution < -0.4 is 9.64 Å². The number of ether oxygens (including phenoxy) is 2. The van der Waals surface area contributed by atoms with Crippen LogP contribution in [0.3, 0.4) is 0 Å². The van der Waals surface area contributed by atoms with Gasteiger partial charge in [-0.1, -0.05) is 36.3 Å². The van der Waals surface area contributed by atoms with Gasteiger partial charge in [0.05, 0.1) is 10.9 Å². The van der Waals surface area contributed by atoms with Crippen LogP contribution >= 0.6 is 0 Å². The molecule has 0 radical (unpaired) electrons. The zero-order valence-electron chi connectivity index (χ0n) is 23.2. The molecule has 0 bridgehead atoms. The number of fused-ring (bicyclic) bond motifs is 4. The van der Waals surface area contributed by atoms with Crippen LogP contribution in [0.4, 0.5) is 10.2 Å². The van der Waals surface area contributed by atoms with Gasteiger partial charge in [0, 0.05) is 42.2 Å². The van der Waals surface area contributed by atoms with E-state index in [1.54, 1.807) is 6.20 Å². The van der Waals surface area contributed by atoms with E-state index in [4.69, 9.17) is 20.9 Å². The van der Waals surface area contributed by atoms with Crippen molar-refractivity contribution < 1.29 is 18.7 Å². The zero-order valence-corrected chi connectivity index (χ0v) is 23.2. The Kier molecular flexibility index (Phi) is 5.83. The molecule has 9 heteroatoms. The van der Waals surface area contributed by atoms with Gasteiger partial charge >= 0.3 is 12.0 Å². The van der Waals surface area contributed by atoms with Crippen molar-refractivity contribution in [1.82, 2.24) is 19.9 Å². The molecule has 8 rings (SSSR count). The minimum absolute atomic E-state index is 0.0109. The third-order valence-electron chi connectivity index (χ3n) is 9.66. The second-order valence-electron chi connectivity index (χ2n) is 11.9. The molecule has 0 N–H and O–H groups in total. The Morgan fingerprint density at radius 3 is 2.71 bits per heavy atom. The lowest BCUT2D eigenvalue weighted by Gasteiger charge is -2.43. The van der Waals surface area contributed by atoms with Crippen molar-refractivity contribution in [2.24, 2.45) is 5.92 Å². The van der Waals surface area contributed by atoms with E-state index in [0.717, 1.165) is 49.5 Å². The van der Waals surface area contributed by atoms with E-state index in [-0.39, 0.29) is 40.8 Å². The van der Waals surface area contributed by atoms with Crippen LogP contribution in [-0.4, -0.2) is 70.2 Å². The molecule has 4 fully saturated rings. The smallest absolute Gasteiger partial charge is 0.319 e. The number of piperidine rings is 1. The van der Waals surface area contributed by atoms with Gasteiger partial charge in [0.15, 0.2) is 5.82 Å². The number of rotatable bonds is 5. The van der Waals surface area contributed by atoms with E-state index < -0.39 is 5.82 Å². The lowest BCUT2D eigenvalue weighted by Crippen LogP contribution is -2.56. The van der Waals surface area contributed by atoms with Crippen LogP contribution in [0.2, 0.25) is 0 Å². The highest BCUT2D eigenvalue weighted by atomic mass is 19.1. The van der Waals surface area contributed by atoms with Crippen LogP contribution in [0.25, 0.3) is 32.9 Å². The minimum Gasteiger partial charge on any atom is -0.461 e. The fraction of sp³-hybridized carbons (Fsp3) is 0.394. The van der Waals surface area contributed by atoms with Crippen molar-refractivity contribution in [3.05, 3.63) is 54.0 Å². The van der Waals surface area contributed by atoms with Crippen molar-refractivity contribution in [1.29, 1.82) is 0 Å². The highest BCUT2D eigenvalue weighted by Gasteiger charge is 2.47. The fourth-order valence-electron chi connectivity index (χ4n) is 7.49. The van der Waals surface area contributed by atoms with Crippen molar-refractivity contribution in [3.8, 4) is 29.6 Å². The summed E-state index contributed by atoms with van der Waals surface area (Å²) in [6.45, 7) is 3.69. The monoisotopic (exact) mass is 563 g/mol. The Morgan fingerprint density at radius 1 is 1.12 bits per heavy atom. The summed E-state index contributed by atoms with van der Waals surface area (Å²) in [6.07, 6.45) is 12.5. The van der Waals surface area contributed by atoms with Gasteiger partial charge in [-0.2, -0.15) is 9.97 Å². The van der Waals surface area contributed by atoms with E-state index in [9.17, 15) is 4.79 Å². The van der Waals surface area contributed by atoms with Crippen LogP contribution in [0.15, 0.2) is 42.6 Å². The van der Waals surface area contributed by atoms with Crippen LogP contribution in [-0.2, 0) is 9.53 Å². The van der Waals surface area contributed by atoms with Gasteiger partial charge in [-0.25, -0.2) is 4.39 Å². The molecule has 8 nitrogen and oxygen atoms in total. The first kappa shape index (κ1) is 25.4. The first-order valence-electron chi connectivity index (χ1n) is 14.7. The topological polar surface area (TPSA) is 80.7 Å². The number of hydrogen-bond donors (Lipinski definition) is 0. The maximum absolute atomic E-state index is 16.7. The predicted octanol–water partition coefficient (Wildman–Crippen LogP) is 4.72. The Balaban J connectivity index is 1.25. The maximum atomic E-state index is 16.7. The van der Waals surface area contributed by atoms with Crippen molar-refractivity contribution >= 4 is 33.5 Å². The summed E-state index contributed by atoms with van der Waals surface area (Å²) in [4.78, 5) is 30.7. The number of nitrogens with zero attached hydrogens (tertiary/aromatic N) is 5. The highest BCUT2D eigenvalue weighted by molar-refractivity contribution is 6.02. The highest BCUT2D eigenvalue weighted by Crippen LogP contribution is 2.41. The van der Waals surface area contributed by atoms with Crippen LogP contribution in [0.1, 0.15) is 37.7 Å². The van der Waals surface area contributed by atoms with E-state index in [1.165, 1.54) is 0 Å². The normalized spacial score (nSPS) is 22.9. The number of benzene rings is 2. The molecule has 4 aliphatic heterocycles. The Bertz CT molecular complexity index is 1790. The van der Waals surface area contributed by atoms with Gasteiger partial charge in [-0.3, -0.25) is 14.7 Å². The van der Waals surface area contributed by atoms with Crippen molar-refractivity contribution in [2.75, 3.05) is 37.7 Å². The first-order chi connectivity index (χ1) is 20.5. The molecule has 0 spiro atoms. The molecule has 2 aromatic carbocycles. The quantitative estimate of drug-likeness (QED) is 0.255. The fourth-order valence-corrected chi connectivity index (χ4v) is 7.49. The minimum atomic E-state index is -0.556.